The molecule has 0 spiro atoms. The van der Waals surface area contributed by atoms with E-state index in [9.17, 15) is 0 Å². The summed E-state index contributed by atoms with van der Waals surface area (Å²) >= 11 is 0. The van der Waals surface area contributed by atoms with Crippen LogP contribution in [0.15, 0.2) is 18.2 Å². The molecule has 1 aliphatic heterocycles. The molecule has 1 unspecified atom stereocenters. The first-order chi connectivity index (χ1) is 10.2. The number of hydrogen-bond donors (Lipinski definition) is 1. The lowest BCUT2D eigenvalue weighted by Crippen LogP contribution is -2.39. The average Bonchev–Trinajstić information content (AvgIpc) is 2.69. The highest BCUT2D eigenvalue weighted by atomic mass is 16.5. The number of fused-ring (bicyclic) bond motifs is 1. The molecule has 1 N–H and O–H groups in total. The molecule has 2 aliphatic rings. The minimum Gasteiger partial charge on any atom is -0.488 e. The standard InChI is InChI=1S/C19H29NO/c1-14-9-10-19-17(11-14)12-18(21-19)13-20-15(2)16-7-5-3-4-6-8-16/h9-11,15-16,18,20H,3-8,12-13H2,1-2H3/t15-,18?/m0/s1. The van der Waals surface area contributed by atoms with Gasteiger partial charge in [0.2, 0.25) is 0 Å². The van der Waals surface area contributed by atoms with Crippen LogP contribution in [0.3, 0.4) is 0 Å². The van der Waals surface area contributed by atoms with E-state index in [-0.39, 0.29) is 0 Å². The van der Waals surface area contributed by atoms with Crippen molar-refractivity contribution in [2.24, 2.45) is 5.92 Å². The SMILES string of the molecule is Cc1ccc2c(c1)CC(CN[C@@H](C)C1CCCCCC1)O2. The van der Waals surface area contributed by atoms with Gasteiger partial charge in [0.15, 0.2) is 0 Å². The van der Waals surface area contributed by atoms with Gasteiger partial charge in [0, 0.05) is 19.0 Å². The van der Waals surface area contributed by atoms with Crippen LogP contribution in [0.5, 0.6) is 5.75 Å². The minimum absolute atomic E-state index is 0.315. The molecule has 0 bridgehead atoms. The van der Waals surface area contributed by atoms with Crippen LogP contribution in [0.2, 0.25) is 0 Å². The summed E-state index contributed by atoms with van der Waals surface area (Å²) in [5, 5.41) is 3.75. The number of aryl methyl sites for hydroxylation is 1. The first-order valence-corrected chi connectivity index (χ1v) is 8.72. The van der Waals surface area contributed by atoms with Gasteiger partial charge in [-0.15, -0.1) is 0 Å². The number of rotatable bonds is 4. The summed E-state index contributed by atoms with van der Waals surface area (Å²) in [6, 6.07) is 7.16. The molecule has 1 heterocycles. The Kier molecular flexibility index (Phi) is 4.84. The Morgan fingerprint density at radius 3 is 2.71 bits per heavy atom. The van der Waals surface area contributed by atoms with Gasteiger partial charge < -0.3 is 10.1 Å². The second kappa shape index (κ2) is 6.83. The Morgan fingerprint density at radius 1 is 1.19 bits per heavy atom. The normalized spacial score (nSPS) is 24.2. The molecular formula is C19H29NO. The summed E-state index contributed by atoms with van der Waals surface area (Å²) in [6.07, 6.45) is 9.88. The van der Waals surface area contributed by atoms with Crippen molar-refractivity contribution in [3.8, 4) is 5.75 Å². The van der Waals surface area contributed by atoms with E-state index in [4.69, 9.17) is 4.74 Å². The Hall–Kier alpha value is -1.02. The molecule has 2 atom stereocenters. The molecule has 0 radical (unpaired) electrons. The number of ether oxygens (including phenoxy) is 1. The zero-order valence-electron chi connectivity index (χ0n) is 13.5. The van der Waals surface area contributed by atoms with Crippen LogP contribution < -0.4 is 10.1 Å². The molecular weight excluding hydrogens is 258 g/mol. The molecule has 3 rings (SSSR count). The lowest BCUT2D eigenvalue weighted by Gasteiger charge is -2.25. The van der Waals surface area contributed by atoms with Crippen molar-refractivity contribution in [1.82, 2.24) is 5.32 Å². The van der Waals surface area contributed by atoms with Crippen molar-refractivity contribution in [2.75, 3.05) is 6.54 Å². The third-order valence-electron chi connectivity index (χ3n) is 5.23. The highest BCUT2D eigenvalue weighted by molar-refractivity contribution is 5.40. The van der Waals surface area contributed by atoms with Crippen LogP contribution in [0.25, 0.3) is 0 Å². The molecule has 2 heteroatoms. The van der Waals surface area contributed by atoms with E-state index in [0.29, 0.717) is 12.1 Å². The molecule has 1 fully saturated rings. The van der Waals surface area contributed by atoms with Gasteiger partial charge in [0.25, 0.3) is 0 Å². The number of hydrogen-bond acceptors (Lipinski definition) is 2. The van der Waals surface area contributed by atoms with Crippen LogP contribution in [-0.2, 0) is 6.42 Å². The van der Waals surface area contributed by atoms with Gasteiger partial charge in [-0.25, -0.2) is 0 Å². The zero-order chi connectivity index (χ0) is 14.7. The summed E-state index contributed by atoms with van der Waals surface area (Å²) in [4.78, 5) is 0. The van der Waals surface area contributed by atoms with E-state index < -0.39 is 0 Å². The Balaban J connectivity index is 1.48. The first-order valence-electron chi connectivity index (χ1n) is 8.72. The molecule has 1 saturated carbocycles. The fourth-order valence-corrected chi connectivity index (χ4v) is 3.86. The maximum Gasteiger partial charge on any atom is 0.123 e. The third-order valence-corrected chi connectivity index (χ3v) is 5.23. The van der Waals surface area contributed by atoms with Crippen LogP contribution in [0.1, 0.15) is 56.6 Å². The third kappa shape index (κ3) is 3.79. The largest absolute Gasteiger partial charge is 0.488 e. The van der Waals surface area contributed by atoms with Gasteiger partial charge in [-0.2, -0.15) is 0 Å². The summed E-state index contributed by atoms with van der Waals surface area (Å²) in [6.45, 7) is 5.49. The molecule has 1 aliphatic carbocycles. The second-order valence-electron chi connectivity index (χ2n) is 7.00. The average molecular weight is 287 g/mol. The lowest BCUT2D eigenvalue weighted by molar-refractivity contribution is 0.211. The van der Waals surface area contributed by atoms with Crippen molar-refractivity contribution in [1.29, 1.82) is 0 Å². The minimum atomic E-state index is 0.315. The van der Waals surface area contributed by atoms with Crippen molar-refractivity contribution >= 4 is 0 Å². The van der Waals surface area contributed by atoms with Gasteiger partial charge in [0.05, 0.1) is 0 Å². The lowest BCUT2D eigenvalue weighted by atomic mass is 9.93. The van der Waals surface area contributed by atoms with Crippen molar-refractivity contribution < 1.29 is 4.74 Å². The molecule has 0 amide bonds. The molecule has 0 saturated heterocycles. The molecule has 1 aromatic carbocycles. The fraction of sp³-hybridized carbons (Fsp3) is 0.684. The molecule has 21 heavy (non-hydrogen) atoms. The summed E-state index contributed by atoms with van der Waals surface area (Å²) in [5.74, 6) is 1.95. The van der Waals surface area contributed by atoms with Crippen LogP contribution in [0, 0.1) is 12.8 Å². The van der Waals surface area contributed by atoms with Crippen LogP contribution in [-0.4, -0.2) is 18.7 Å². The maximum atomic E-state index is 6.06. The summed E-state index contributed by atoms with van der Waals surface area (Å²) in [7, 11) is 0. The predicted molar refractivity (Wildman–Crippen MR) is 88.0 cm³/mol. The highest BCUT2D eigenvalue weighted by Crippen LogP contribution is 2.30. The maximum absolute atomic E-state index is 6.06. The molecule has 0 aromatic heterocycles. The molecule has 1 aromatic rings. The van der Waals surface area contributed by atoms with Gasteiger partial charge in [-0.05, 0) is 44.2 Å². The van der Waals surface area contributed by atoms with Gasteiger partial charge >= 0.3 is 0 Å². The quantitative estimate of drug-likeness (QED) is 0.836. The van der Waals surface area contributed by atoms with Crippen molar-refractivity contribution in [3.63, 3.8) is 0 Å². The number of nitrogens with one attached hydrogen (secondary N) is 1. The van der Waals surface area contributed by atoms with E-state index in [0.717, 1.165) is 24.6 Å². The van der Waals surface area contributed by atoms with Gasteiger partial charge in [-0.3, -0.25) is 0 Å². The highest BCUT2D eigenvalue weighted by Gasteiger charge is 2.25. The van der Waals surface area contributed by atoms with Crippen molar-refractivity contribution in [2.45, 2.75) is 70.9 Å². The molecule has 2 nitrogen and oxygen atoms in total. The number of benzene rings is 1. The second-order valence-corrected chi connectivity index (χ2v) is 7.00. The van der Waals surface area contributed by atoms with Gasteiger partial charge in [0.1, 0.15) is 11.9 Å². The van der Waals surface area contributed by atoms with E-state index in [1.54, 1.807) is 0 Å². The monoisotopic (exact) mass is 287 g/mol. The predicted octanol–water partition coefficient (Wildman–Crippen LogP) is 4.25. The topological polar surface area (TPSA) is 21.3 Å². The zero-order valence-corrected chi connectivity index (χ0v) is 13.5. The van der Waals surface area contributed by atoms with Crippen LogP contribution in [0.4, 0.5) is 0 Å². The first kappa shape index (κ1) is 14.9. The summed E-state index contributed by atoms with van der Waals surface area (Å²) < 4.78 is 6.06. The van der Waals surface area contributed by atoms with Crippen molar-refractivity contribution in [3.05, 3.63) is 29.3 Å². The Bertz CT molecular complexity index is 463. The smallest absolute Gasteiger partial charge is 0.123 e. The Morgan fingerprint density at radius 2 is 1.95 bits per heavy atom. The molecule has 116 valence electrons. The van der Waals surface area contributed by atoms with E-state index in [2.05, 4.69) is 37.4 Å². The van der Waals surface area contributed by atoms with E-state index in [1.807, 2.05) is 0 Å². The van der Waals surface area contributed by atoms with E-state index in [1.165, 1.54) is 49.7 Å². The van der Waals surface area contributed by atoms with Gasteiger partial charge in [-0.1, -0.05) is 43.4 Å². The van der Waals surface area contributed by atoms with Crippen LogP contribution >= 0.6 is 0 Å². The van der Waals surface area contributed by atoms with E-state index >= 15 is 0 Å². The fourth-order valence-electron chi connectivity index (χ4n) is 3.86. The summed E-state index contributed by atoms with van der Waals surface area (Å²) in [5.41, 5.74) is 2.71. The Labute approximate surface area is 129 Å².